The van der Waals surface area contributed by atoms with Crippen LogP contribution in [0.2, 0.25) is 0 Å². The molecule has 2 atom stereocenters. The monoisotopic (exact) mass is 396 g/mol. The lowest BCUT2D eigenvalue weighted by Crippen LogP contribution is -2.30. The van der Waals surface area contributed by atoms with E-state index < -0.39 is 5.92 Å². The van der Waals surface area contributed by atoms with Crippen LogP contribution in [-0.2, 0) is 9.59 Å². The summed E-state index contributed by atoms with van der Waals surface area (Å²) in [6.07, 6.45) is 3.47. The van der Waals surface area contributed by atoms with Crippen molar-refractivity contribution in [3.8, 4) is 11.3 Å². The number of carbonyl (C=O) groups is 2. The molecule has 0 spiro atoms. The van der Waals surface area contributed by atoms with Gasteiger partial charge in [0, 0.05) is 36.8 Å². The van der Waals surface area contributed by atoms with E-state index >= 15 is 0 Å². The van der Waals surface area contributed by atoms with Crippen LogP contribution in [0.15, 0.2) is 54.2 Å². The van der Waals surface area contributed by atoms with Gasteiger partial charge in [0.2, 0.25) is 11.8 Å². The average molecular weight is 396 g/mol. The molecule has 1 N–H and O–H groups in total. The molecule has 6 nitrogen and oxygen atoms in total. The van der Waals surface area contributed by atoms with Crippen LogP contribution in [0.4, 0.5) is 9.52 Å². The molecule has 4 rings (SSSR count). The Labute approximate surface area is 165 Å². The van der Waals surface area contributed by atoms with Gasteiger partial charge in [-0.2, -0.15) is 0 Å². The zero-order chi connectivity index (χ0) is 19.7. The number of nitrogens with one attached hydrogen (secondary N) is 1. The van der Waals surface area contributed by atoms with Crippen LogP contribution in [0, 0.1) is 11.7 Å². The molecule has 3 aromatic rings. The number of likely N-dealkylation sites (tertiary alicyclic amines) is 1. The van der Waals surface area contributed by atoms with Gasteiger partial charge in [0.05, 0.1) is 17.7 Å². The highest BCUT2D eigenvalue weighted by atomic mass is 32.1. The molecule has 2 unspecified atom stereocenters. The lowest BCUT2D eigenvalue weighted by molar-refractivity contribution is -0.127. The fourth-order valence-corrected chi connectivity index (χ4v) is 4.12. The third kappa shape index (κ3) is 3.50. The Morgan fingerprint density at radius 2 is 2.07 bits per heavy atom. The number of thiazole rings is 1. The summed E-state index contributed by atoms with van der Waals surface area (Å²) in [6.45, 7) is 0. The van der Waals surface area contributed by atoms with Gasteiger partial charge < -0.3 is 10.2 Å². The van der Waals surface area contributed by atoms with Gasteiger partial charge in [-0.3, -0.25) is 14.6 Å². The number of benzene rings is 1. The largest absolute Gasteiger partial charge is 0.338 e. The van der Waals surface area contributed by atoms with E-state index in [2.05, 4.69) is 15.3 Å². The minimum atomic E-state index is -0.528. The van der Waals surface area contributed by atoms with Crippen LogP contribution in [0.5, 0.6) is 0 Å². The second-order valence-electron chi connectivity index (χ2n) is 6.58. The maximum Gasteiger partial charge on any atom is 0.232 e. The predicted molar refractivity (Wildman–Crippen MR) is 104 cm³/mol. The second-order valence-corrected chi connectivity index (χ2v) is 7.44. The van der Waals surface area contributed by atoms with Gasteiger partial charge in [-0.1, -0.05) is 6.07 Å². The van der Waals surface area contributed by atoms with Crippen LogP contribution in [0.1, 0.15) is 18.0 Å². The normalized spacial score (nSPS) is 19.1. The van der Waals surface area contributed by atoms with E-state index in [1.165, 1.54) is 23.5 Å². The maximum atomic E-state index is 13.1. The van der Waals surface area contributed by atoms with E-state index in [0.29, 0.717) is 10.8 Å². The lowest BCUT2D eigenvalue weighted by Gasteiger charge is -2.24. The molecule has 28 heavy (non-hydrogen) atoms. The van der Waals surface area contributed by atoms with E-state index in [-0.39, 0.29) is 30.1 Å². The minimum Gasteiger partial charge on any atom is -0.338 e. The van der Waals surface area contributed by atoms with Gasteiger partial charge >= 0.3 is 0 Å². The molecule has 0 aliphatic carbocycles. The van der Waals surface area contributed by atoms with Crippen LogP contribution in [0.3, 0.4) is 0 Å². The molecule has 0 saturated carbocycles. The van der Waals surface area contributed by atoms with Gasteiger partial charge in [0.25, 0.3) is 0 Å². The Morgan fingerprint density at radius 1 is 1.29 bits per heavy atom. The van der Waals surface area contributed by atoms with Gasteiger partial charge in [-0.15, -0.1) is 11.3 Å². The van der Waals surface area contributed by atoms with Gasteiger partial charge in [-0.25, -0.2) is 9.37 Å². The summed E-state index contributed by atoms with van der Waals surface area (Å²) in [4.78, 5) is 35.2. The summed E-state index contributed by atoms with van der Waals surface area (Å²) in [5.41, 5.74) is 2.24. The highest BCUT2D eigenvalue weighted by Gasteiger charge is 2.43. The first-order valence-electron chi connectivity index (χ1n) is 8.71. The van der Waals surface area contributed by atoms with E-state index in [1.54, 1.807) is 47.9 Å². The molecule has 1 aliphatic rings. The van der Waals surface area contributed by atoms with E-state index in [9.17, 15) is 14.0 Å². The Balaban J connectivity index is 1.53. The molecular weight excluding hydrogens is 379 g/mol. The SMILES string of the molecule is CN1C(=O)CC(C(=O)Nc2nc(-c3ccc(F)cc3)cs2)C1c1cccnc1. The standard InChI is InChI=1S/C20H17FN4O2S/c1-25-17(26)9-15(18(25)13-3-2-8-22-10-13)19(27)24-20-23-16(11-28-20)12-4-6-14(21)7-5-12/h2-8,10-11,15,18H,9H2,1H3,(H,23,24,27). The van der Waals surface area contributed by atoms with Crippen molar-refractivity contribution in [1.29, 1.82) is 0 Å². The van der Waals surface area contributed by atoms with Gasteiger partial charge in [0.1, 0.15) is 5.82 Å². The van der Waals surface area contributed by atoms with Crippen molar-refractivity contribution in [1.82, 2.24) is 14.9 Å². The molecule has 0 bridgehead atoms. The highest BCUT2D eigenvalue weighted by molar-refractivity contribution is 7.14. The van der Waals surface area contributed by atoms with Crippen LogP contribution in [0.25, 0.3) is 11.3 Å². The fraction of sp³-hybridized carbons (Fsp3) is 0.200. The first-order chi connectivity index (χ1) is 13.5. The molecule has 1 aliphatic heterocycles. The number of nitrogens with zero attached hydrogens (tertiary/aromatic N) is 3. The summed E-state index contributed by atoms with van der Waals surface area (Å²) in [6, 6.07) is 9.30. The molecule has 2 aromatic heterocycles. The van der Waals surface area contributed by atoms with E-state index in [0.717, 1.165) is 11.1 Å². The Bertz CT molecular complexity index is 1010. The number of carbonyl (C=O) groups excluding carboxylic acids is 2. The Kier molecular flexibility index (Phi) is 4.87. The van der Waals surface area contributed by atoms with Gasteiger partial charge in [0.15, 0.2) is 5.13 Å². The van der Waals surface area contributed by atoms with E-state index in [1.807, 2.05) is 6.07 Å². The zero-order valence-electron chi connectivity index (χ0n) is 15.0. The average Bonchev–Trinajstić information content (AvgIpc) is 3.28. The van der Waals surface area contributed by atoms with Crippen molar-refractivity contribution in [2.24, 2.45) is 5.92 Å². The summed E-state index contributed by atoms with van der Waals surface area (Å²) in [7, 11) is 1.70. The number of rotatable bonds is 4. The van der Waals surface area contributed by atoms with Crippen LogP contribution >= 0.6 is 11.3 Å². The van der Waals surface area contributed by atoms with Gasteiger partial charge in [-0.05, 0) is 35.9 Å². The first-order valence-corrected chi connectivity index (χ1v) is 9.59. The topological polar surface area (TPSA) is 75.2 Å². The highest BCUT2D eigenvalue weighted by Crippen LogP contribution is 2.37. The second kappa shape index (κ2) is 7.47. The molecular formula is C20H17FN4O2S. The minimum absolute atomic E-state index is 0.0832. The molecule has 2 amide bonds. The number of halogens is 1. The lowest BCUT2D eigenvalue weighted by atomic mass is 9.94. The molecule has 0 radical (unpaired) electrons. The fourth-order valence-electron chi connectivity index (χ4n) is 3.39. The van der Waals surface area contributed by atoms with Crippen LogP contribution in [-0.4, -0.2) is 33.7 Å². The summed E-state index contributed by atoms with van der Waals surface area (Å²) >= 11 is 1.29. The molecule has 1 saturated heterocycles. The van der Waals surface area contributed by atoms with Crippen molar-refractivity contribution in [3.05, 3.63) is 65.6 Å². The Morgan fingerprint density at radius 3 is 2.79 bits per heavy atom. The number of aromatic nitrogens is 2. The van der Waals surface area contributed by atoms with Crippen LogP contribution < -0.4 is 5.32 Å². The van der Waals surface area contributed by atoms with Crippen molar-refractivity contribution < 1.29 is 14.0 Å². The van der Waals surface area contributed by atoms with E-state index in [4.69, 9.17) is 0 Å². The zero-order valence-corrected chi connectivity index (χ0v) is 15.8. The third-order valence-corrected chi connectivity index (χ3v) is 5.58. The third-order valence-electron chi connectivity index (χ3n) is 4.82. The number of amides is 2. The van der Waals surface area contributed by atoms with Crippen molar-refractivity contribution in [2.45, 2.75) is 12.5 Å². The molecule has 1 aromatic carbocycles. The number of anilines is 1. The number of hydrogen-bond acceptors (Lipinski definition) is 5. The smallest absolute Gasteiger partial charge is 0.232 e. The molecule has 3 heterocycles. The quantitative estimate of drug-likeness (QED) is 0.732. The molecule has 8 heteroatoms. The Hall–Kier alpha value is -3.13. The molecule has 142 valence electrons. The predicted octanol–water partition coefficient (Wildman–Crippen LogP) is 3.50. The van der Waals surface area contributed by atoms with Crippen molar-refractivity contribution >= 4 is 28.3 Å². The first kappa shape index (κ1) is 18.2. The summed E-state index contributed by atoms with van der Waals surface area (Å²) in [5, 5.41) is 5.06. The number of pyridine rings is 1. The summed E-state index contributed by atoms with van der Waals surface area (Å²) in [5.74, 6) is -1.18. The van der Waals surface area contributed by atoms with Crippen molar-refractivity contribution in [3.63, 3.8) is 0 Å². The summed E-state index contributed by atoms with van der Waals surface area (Å²) < 4.78 is 13.1. The molecule has 1 fully saturated rings. The maximum absolute atomic E-state index is 13.1. The van der Waals surface area contributed by atoms with Crippen molar-refractivity contribution in [2.75, 3.05) is 12.4 Å². The number of hydrogen-bond donors (Lipinski definition) is 1.